The predicted molar refractivity (Wildman–Crippen MR) is 360 cm³/mol. The quantitative estimate of drug-likeness (QED) is 0.0164. The fraction of sp³-hybridized carbons (Fsp3) is 0.550. The summed E-state index contributed by atoms with van der Waals surface area (Å²) in [5, 5.41) is 45.4. The summed E-state index contributed by atoms with van der Waals surface area (Å²) in [4.78, 5) is 262. The summed E-state index contributed by atoms with van der Waals surface area (Å²) in [6.45, 7) is 0.571. The molecule has 0 aliphatic rings. The van der Waals surface area contributed by atoms with Crippen LogP contribution in [0.1, 0.15) is 116 Å². The van der Waals surface area contributed by atoms with Crippen LogP contribution >= 0.6 is 0 Å². The lowest BCUT2D eigenvalue weighted by atomic mass is 10.0. The van der Waals surface area contributed by atoms with E-state index in [1.807, 2.05) is 5.32 Å². The first-order valence-corrected chi connectivity index (χ1v) is 32.2. The van der Waals surface area contributed by atoms with Gasteiger partial charge in [-0.2, -0.15) is 0 Å². The molecule has 576 valence electrons. The van der Waals surface area contributed by atoms with Crippen LogP contribution in [0.3, 0.4) is 0 Å². The molecule has 44 heteroatoms. The van der Waals surface area contributed by atoms with Crippen molar-refractivity contribution in [3.05, 3.63) is 35.9 Å². The van der Waals surface area contributed by atoms with Crippen LogP contribution < -0.4 is 115 Å². The summed E-state index contributed by atoms with van der Waals surface area (Å²) < 4.78 is 0. The molecule has 18 amide bonds. The number of carbonyl (C=O) groups is 20. The van der Waals surface area contributed by atoms with E-state index >= 15 is 0 Å². The maximum Gasteiger partial charge on any atom is 0.326 e. The molecule has 0 heterocycles. The Morgan fingerprint density at radius 3 is 0.981 bits per heavy atom. The molecule has 0 bridgehead atoms. The molecule has 10 atom stereocenters. The maximum atomic E-state index is 14.3. The minimum absolute atomic E-state index is 0.0417. The molecule has 0 spiro atoms. The second-order valence-electron chi connectivity index (χ2n) is 23.8. The van der Waals surface area contributed by atoms with Gasteiger partial charge < -0.3 is 126 Å². The topological polar surface area (TPSA) is 773 Å². The minimum atomic E-state index is -1.91. The van der Waals surface area contributed by atoms with E-state index in [9.17, 15) is 101 Å². The first-order chi connectivity index (χ1) is 48.7. The lowest BCUT2D eigenvalue weighted by molar-refractivity contribution is -0.147. The number of carbonyl (C=O) groups excluding carboxylic acids is 18. The molecular weight excluding hydrogens is 1380 g/mol. The third kappa shape index (κ3) is 38.4. The monoisotopic (exact) mass is 1470 g/mol. The van der Waals surface area contributed by atoms with Crippen molar-refractivity contribution in [2.75, 3.05) is 26.2 Å². The summed E-state index contributed by atoms with van der Waals surface area (Å²) in [7, 11) is 0. The molecule has 1 aromatic rings. The van der Waals surface area contributed by atoms with Gasteiger partial charge in [0, 0.05) is 51.5 Å². The zero-order chi connectivity index (χ0) is 78.9. The SMILES string of the molecule is CC(C)[C@H](N)C(=O)N[C@@H](CCC(N)=O)C(=O)N[C@@H](CCC(N)=O)C(=O)N[C@@H](CCC(N)=O)C(=O)N[C@@H](CCC(N)=O)C(=O)N[C@@H](CCC(N)=O)C(=O)N[C@@H](CCC(N)=O)C(=O)N[C@@H](Cc1ccccc1)C(=O)NCC(=O)NCC(=O)N[C@@H](CCCN=C(N)N)C(=O)NCC(=O)N[C@@H](CC(=O)O)C(=O)O. The molecule has 1 rings (SSSR count). The Balaban J connectivity index is 3.58. The molecule has 1 aromatic carbocycles. The number of carboxylic acid groups (broad SMARTS) is 2. The Labute approximate surface area is 594 Å². The van der Waals surface area contributed by atoms with E-state index in [4.69, 9.17) is 56.7 Å². The van der Waals surface area contributed by atoms with Crippen molar-refractivity contribution in [3.8, 4) is 0 Å². The Morgan fingerprint density at radius 2 is 0.663 bits per heavy atom. The summed E-state index contributed by atoms with van der Waals surface area (Å²) in [6, 6.07) is -9.07. The highest BCUT2D eigenvalue weighted by Crippen LogP contribution is 2.12. The van der Waals surface area contributed by atoms with E-state index in [1.165, 1.54) is 0 Å². The van der Waals surface area contributed by atoms with E-state index in [0.29, 0.717) is 5.56 Å². The number of aliphatic imine (C=N–C) groups is 1. The standard InChI is InChI=1S/C60H94N22O22/c1-28(2)49(67)58(102)81-36(15-21-44(66)88)56(100)79-34(13-19-42(64)86)54(98)77-32(11-17-40(62)84)52(96)76-31(10-16-39(61)83)53(97)78-33(12-18-41(63)85)55(99)80-35(14-20-43(65)87)57(101)82-37(23-29-7-4-3-5-8-29)51(95)72-25-45(89)71-26-46(90)74-30(9-6-22-70-60(68)69)50(94)73-27-47(91)75-38(59(103)104)24-48(92)93/h3-5,7-8,28,30-38,49H,6,9-27,67H2,1-2H3,(H2,61,83)(H2,62,84)(H2,63,85)(H2,64,86)(H2,65,87)(H2,66,88)(H,71,89)(H,72,95)(H,73,94)(H,74,90)(H,75,91)(H,76,96)(H,77,98)(H,78,97)(H,79,100)(H,80,99)(H,81,102)(H,82,101)(H,92,93)(H,103,104)(H4,68,69,70)/t30-,31-,32-,33-,34-,35-,36-,37-,38-,49-/m0/s1. The van der Waals surface area contributed by atoms with Crippen molar-refractivity contribution in [2.24, 2.45) is 62.5 Å². The fourth-order valence-electron chi connectivity index (χ4n) is 9.06. The van der Waals surface area contributed by atoms with Crippen molar-refractivity contribution in [1.29, 1.82) is 0 Å². The fourth-order valence-corrected chi connectivity index (χ4v) is 9.06. The number of amides is 18. The van der Waals surface area contributed by atoms with E-state index in [-0.39, 0.29) is 31.8 Å². The Hall–Kier alpha value is -12.1. The van der Waals surface area contributed by atoms with Crippen molar-refractivity contribution in [3.63, 3.8) is 0 Å². The average molecular weight is 1480 g/mol. The van der Waals surface area contributed by atoms with Crippen molar-refractivity contribution in [1.82, 2.24) is 63.8 Å². The van der Waals surface area contributed by atoms with E-state index in [0.717, 1.165) is 0 Å². The zero-order valence-corrected chi connectivity index (χ0v) is 57.1. The number of aliphatic carboxylic acids is 2. The smallest absolute Gasteiger partial charge is 0.326 e. The highest BCUT2D eigenvalue weighted by Gasteiger charge is 2.36. The van der Waals surface area contributed by atoms with Gasteiger partial charge in [0.25, 0.3) is 0 Å². The number of hydrogen-bond acceptors (Lipinski definition) is 22. The molecular formula is C60H94N22O22. The van der Waals surface area contributed by atoms with Gasteiger partial charge >= 0.3 is 11.9 Å². The Morgan fingerprint density at radius 1 is 0.365 bits per heavy atom. The van der Waals surface area contributed by atoms with Gasteiger partial charge in [0.05, 0.1) is 32.1 Å². The number of carboxylic acids is 2. The molecule has 0 fully saturated rings. The second kappa shape index (κ2) is 47.1. The van der Waals surface area contributed by atoms with Gasteiger partial charge in [0.15, 0.2) is 5.96 Å². The Bertz CT molecular complexity index is 3300. The van der Waals surface area contributed by atoms with Gasteiger partial charge in [-0.15, -0.1) is 0 Å². The number of benzene rings is 1. The number of nitrogens with zero attached hydrogens (tertiary/aromatic N) is 1. The van der Waals surface area contributed by atoms with Crippen LogP contribution in [0, 0.1) is 5.92 Å². The summed E-state index contributed by atoms with van der Waals surface area (Å²) in [5.74, 6) is -23.3. The lowest BCUT2D eigenvalue weighted by Crippen LogP contribution is -2.60. The molecule has 0 radical (unpaired) electrons. The third-order valence-electron chi connectivity index (χ3n) is 14.7. The third-order valence-corrected chi connectivity index (χ3v) is 14.7. The van der Waals surface area contributed by atoms with E-state index in [1.54, 1.807) is 44.2 Å². The molecule has 0 aliphatic heterocycles. The van der Waals surface area contributed by atoms with Crippen LogP contribution in [0.2, 0.25) is 0 Å². The number of primary amides is 6. The van der Waals surface area contributed by atoms with Gasteiger partial charge in [-0.05, 0) is 62.8 Å². The minimum Gasteiger partial charge on any atom is -0.481 e. The summed E-state index contributed by atoms with van der Waals surface area (Å²) >= 11 is 0. The lowest BCUT2D eigenvalue weighted by Gasteiger charge is -2.28. The number of rotatable bonds is 52. The molecule has 32 N–H and O–H groups in total. The number of hydrogen-bond donors (Lipinski definition) is 23. The molecule has 0 saturated heterocycles. The van der Waals surface area contributed by atoms with Gasteiger partial charge in [-0.3, -0.25) is 96.1 Å². The van der Waals surface area contributed by atoms with Crippen molar-refractivity contribution >= 4 is 124 Å². The molecule has 0 unspecified atom stereocenters. The van der Waals surface area contributed by atoms with Crippen LogP contribution in [0.4, 0.5) is 0 Å². The predicted octanol–water partition coefficient (Wildman–Crippen LogP) is -11.9. The normalized spacial score (nSPS) is 13.6. The van der Waals surface area contributed by atoms with E-state index < -0.39 is 288 Å². The highest BCUT2D eigenvalue weighted by atomic mass is 16.4. The Kier molecular flexibility index (Phi) is 40.7. The maximum absolute atomic E-state index is 14.3. The van der Waals surface area contributed by atoms with Crippen LogP contribution in [0.15, 0.2) is 35.3 Å². The second-order valence-corrected chi connectivity index (χ2v) is 23.8. The van der Waals surface area contributed by atoms with Gasteiger partial charge in [0.2, 0.25) is 106 Å². The molecule has 0 aromatic heterocycles. The summed E-state index contributed by atoms with van der Waals surface area (Å²) in [6.07, 6.45) is -8.57. The average Bonchev–Trinajstić information content (AvgIpc) is 0.861. The first kappa shape index (κ1) is 89.9. The molecule has 44 nitrogen and oxygen atoms in total. The number of nitrogens with one attached hydrogen (secondary N) is 12. The highest BCUT2D eigenvalue weighted by molar-refractivity contribution is 6.00. The van der Waals surface area contributed by atoms with Gasteiger partial charge in [0.1, 0.15) is 54.4 Å². The van der Waals surface area contributed by atoms with Crippen LogP contribution in [0.5, 0.6) is 0 Å². The van der Waals surface area contributed by atoms with Crippen LogP contribution in [0.25, 0.3) is 0 Å². The molecule has 104 heavy (non-hydrogen) atoms. The van der Waals surface area contributed by atoms with E-state index in [2.05, 4.69) is 63.5 Å². The van der Waals surface area contributed by atoms with Crippen LogP contribution in [-0.2, 0) is 102 Å². The molecule has 0 aliphatic carbocycles. The molecule has 0 saturated carbocycles. The van der Waals surface area contributed by atoms with Gasteiger partial charge in [-0.1, -0.05) is 44.2 Å². The number of guanidine groups is 1. The van der Waals surface area contributed by atoms with Crippen LogP contribution in [-0.4, -0.2) is 221 Å². The van der Waals surface area contributed by atoms with Crippen molar-refractivity contribution in [2.45, 2.75) is 177 Å². The van der Waals surface area contributed by atoms with Gasteiger partial charge in [-0.25, -0.2) is 4.79 Å². The summed E-state index contributed by atoms with van der Waals surface area (Å²) in [5.41, 5.74) is 49.3. The first-order valence-electron chi connectivity index (χ1n) is 32.2. The number of nitrogens with two attached hydrogens (primary N) is 9. The largest absolute Gasteiger partial charge is 0.481 e. The van der Waals surface area contributed by atoms with Crippen molar-refractivity contribution < 1.29 is 106 Å². The zero-order valence-electron chi connectivity index (χ0n) is 57.1.